The second kappa shape index (κ2) is 3.49. The summed E-state index contributed by atoms with van der Waals surface area (Å²) >= 11 is 0. The molecule has 0 spiro atoms. The highest BCUT2D eigenvalue weighted by Crippen LogP contribution is 2.15. The molecule has 0 saturated carbocycles. The van der Waals surface area contributed by atoms with Crippen molar-refractivity contribution in [1.82, 2.24) is 10.3 Å². The Morgan fingerprint density at radius 3 is 2.73 bits per heavy atom. The second-order valence-electron chi connectivity index (χ2n) is 2.97. The molecule has 0 aromatic carbocycles. The van der Waals surface area contributed by atoms with E-state index in [0.29, 0.717) is 5.69 Å². The largest absolute Gasteiger partial charge is 0.335 e. The second-order valence-corrected chi connectivity index (χ2v) is 2.97. The molecule has 2 rings (SSSR count). The molecule has 15 heavy (non-hydrogen) atoms. The molecule has 6 nitrogen and oxygen atoms in total. The molecule has 6 heteroatoms. The lowest BCUT2D eigenvalue weighted by Crippen LogP contribution is -2.52. The number of pyridine rings is 1. The van der Waals surface area contributed by atoms with Gasteiger partial charge in [-0.3, -0.25) is 19.9 Å². The molecule has 0 aliphatic carbocycles. The van der Waals surface area contributed by atoms with Crippen molar-refractivity contribution in [2.24, 2.45) is 0 Å². The number of imide groups is 2. The Hall–Kier alpha value is -2.24. The Morgan fingerprint density at radius 1 is 1.33 bits per heavy atom. The minimum absolute atomic E-state index is 0.319. The van der Waals surface area contributed by atoms with E-state index in [-0.39, 0.29) is 6.42 Å². The van der Waals surface area contributed by atoms with Gasteiger partial charge in [0.1, 0.15) is 6.42 Å². The lowest BCUT2D eigenvalue weighted by Gasteiger charge is -2.24. The standard InChI is InChI=1S/C9H7N3O3/c13-7-4-8(14)12(9(15)11-7)6-2-1-3-10-5-6/h1-3,5H,4H2,(H,11,13,15). The van der Waals surface area contributed by atoms with Crippen LogP contribution in [0.1, 0.15) is 6.42 Å². The Balaban J connectivity index is 2.33. The molecule has 1 fully saturated rings. The zero-order valence-electron chi connectivity index (χ0n) is 7.64. The van der Waals surface area contributed by atoms with Crippen molar-refractivity contribution in [3.63, 3.8) is 0 Å². The topological polar surface area (TPSA) is 79.4 Å². The van der Waals surface area contributed by atoms with E-state index in [2.05, 4.69) is 10.3 Å². The van der Waals surface area contributed by atoms with Crippen LogP contribution in [0.3, 0.4) is 0 Å². The molecule has 0 bridgehead atoms. The number of aromatic nitrogens is 1. The molecular weight excluding hydrogens is 198 g/mol. The highest BCUT2D eigenvalue weighted by molar-refractivity contribution is 6.26. The number of hydrogen-bond acceptors (Lipinski definition) is 4. The van der Waals surface area contributed by atoms with Crippen molar-refractivity contribution in [2.45, 2.75) is 6.42 Å². The minimum atomic E-state index is -0.732. The lowest BCUT2D eigenvalue weighted by molar-refractivity contribution is -0.128. The van der Waals surface area contributed by atoms with Crippen LogP contribution in [-0.2, 0) is 9.59 Å². The first-order chi connectivity index (χ1) is 7.18. The van der Waals surface area contributed by atoms with Crippen LogP contribution < -0.4 is 10.2 Å². The fourth-order valence-corrected chi connectivity index (χ4v) is 1.30. The Labute approximate surface area is 84.9 Å². The quantitative estimate of drug-likeness (QED) is 0.657. The number of nitrogens with one attached hydrogen (secondary N) is 1. The summed E-state index contributed by atoms with van der Waals surface area (Å²) in [5.74, 6) is -1.12. The van der Waals surface area contributed by atoms with Crippen LogP contribution in [0, 0.1) is 0 Å². The van der Waals surface area contributed by atoms with Crippen molar-refractivity contribution in [2.75, 3.05) is 4.90 Å². The first-order valence-electron chi connectivity index (χ1n) is 4.25. The lowest BCUT2D eigenvalue weighted by atomic mass is 10.2. The maximum absolute atomic E-state index is 11.4. The van der Waals surface area contributed by atoms with E-state index in [4.69, 9.17) is 0 Å². The average Bonchev–Trinajstić information content (AvgIpc) is 2.17. The van der Waals surface area contributed by atoms with Gasteiger partial charge in [-0.1, -0.05) is 0 Å². The molecule has 0 atom stereocenters. The number of urea groups is 1. The molecule has 1 saturated heterocycles. The summed E-state index contributed by atoms with van der Waals surface area (Å²) in [7, 11) is 0. The molecule has 76 valence electrons. The van der Waals surface area contributed by atoms with E-state index in [1.54, 1.807) is 12.1 Å². The van der Waals surface area contributed by atoms with Gasteiger partial charge in [0, 0.05) is 6.20 Å². The molecule has 1 aromatic rings. The third-order valence-electron chi connectivity index (χ3n) is 1.91. The maximum Gasteiger partial charge on any atom is 0.335 e. The number of anilines is 1. The van der Waals surface area contributed by atoms with Crippen LogP contribution in [0.5, 0.6) is 0 Å². The fraction of sp³-hybridized carbons (Fsp3) is 0.111. The normalized spacial score (nSPS) is 16.5. The minimum Gasteiger partial charge on any atom is -0.277 e. The van der Waals surface area contributed by atoms with Gasteiger partial charge >= 0.3 is 6.03 Å². The van der Waals surface area contributed by atoms with Gasteiger partial charge in [0.05, 0.1) is 11.9 Å². The van der Waals surface area contributed by atoms with E-state index >= 15 is 0 Å². The summed E-state index contributed by atoms with van der Waals surface area (Å²) in [5.41, 5.74) is 0.354. The van der Waals surface area contributed by atoms with E-state index in [9.17, 15) is 14.4 Å². The fourth-order valence-electron chi connectivity index (χ4n) is 1.30. The highest BCUT2D eigenvalue weighted by atomic mass is 16.2. The summed E-state index contributed by atoms with van der Waals surface area (Å²) in [6, 6.07) is 2.44. The van der Waals surface area contributed by atoms with E-state index < -0.39 is 17.8 Å². The van der Waals surface area contributed by atoms with Gasteiger partial charge in [0.15, 0.2) is 0 Å². The van der Waals surface area contributed by atoms with Crippen molar-refractivity contribution < 1.29 is 14.4 Å². The van der Waals surface area contributed by atoms with Crippen molar-refractivity contribution in [3.05, 3.63) is 24.5 Å². The smallest absolute Gasteiger partial charge is 0.277 e. The number of nitrogens with zero attached hydrogens (tertiary/aromatic N) is 2. The Morgan fingerprint density at radius 2 is 2.13 bits per heavy atom. The predicted molar refractivity (Wildman–Crippen MR) is 49.9 cm³/mol. The van der Waals surface area contributed by atoms with E-state index in [1.165, 1.54) is 12.4 Å². The molecule has 1 aliphatic rings. The first-order valence-corrected chi connectivity index (χ1v) is 4.25. The van der Waals surface area contributed by atoms with E-state index in [0.717, 1.165) is 4.90 Å². The maximum atomic E-state index is 11.4. The first kappa shape index (κ1) is 9.32. The molecular formula is C9H7N3O3. The summed E-state index contributed by atoms with van der Waals surface area (Å²) in [6.07, 6.45) is 2.59. The number of carbonyl (C=O) groups is 3. The Kier molecular flexibility index (Phi) is 2.17. The van der Waals surface area contributed by atoms with E-state index in [1.807, 2.05) is 0 Å². The van der Waals surface area contributed by atoms with Crippen LogP contribution in [0.2, 0.25) is 0 Å². The predicted octanol–water partition coefficient (Wildman–Crippen LogP) is 0.0545. The van der Waals surface area contributed by atoms with Crippen LogP contribution in [0.15, 0.2) is 24.5 Å². The van der Waals surface area contributed by atoms with Gasteiger partial charge in [-0.15, -0.1) is 0 Å². The van der Waals surface area contributed by atoms with Gasteiger partial charge in [-0.05, 0) is 12.1 Å². The van der Waals surface area contributed by atoms with Gasteiger partial charge in [-0.2, -0.15) is 0 Å². The number of barbiturate groups is 1. The number of hydrogen-bond donors (Lipinski definition) is 1. The molecule has 2 heterocycles. The zero-order chi connectivity index (χ0) is 10.8. The van der Waals surface area contributed by atoms with Gasteiger partial charge < -0.3 is 0 Å². The van der Waals surface area contributed by atoms with Gasteiger partial charge in [-0.25, -0.2) is 9.69 Å². The van der Waals surface area contributed by atoms with Gasteiger partial charge in [0.25, 0.3) is 0 Å². The summed E-state index contributed by atoms with van der Waals surface area (Å²) in [4.78, 5) is 38.3. The zero-order valence-corrected chi connectivity index (χ0v) is 7.64. The SMILES string of the molecule is O=C1CC(=O)N(c2cccnc2)C(=O)N1. The molecule has 1 aliphatic heterocycles. The van der Waals surface area contributed by atoms with Crippen LogP contribution in [0.4, 0.5) is 10.5 Å². The number of rotatable bonds is 1. The number of carbonyl (C=O) groups excluding carboxylic acids is 3. The monoisotopic (exact) mass is 205 g/mol. The summed E-state index contributed by atoms with van der Waals surface area (Å²) in [5, 5.41) is 2.06. The molecule has 4 amide bonds. The van der Waals surface area contributed by atoms with Crippen molar-refractivity contribution >= 4 is 23.5 Å². The third kappa shape index (κ3) is 1.69. The van der Waals surface area contributed by atoms with Crippen LogP contribution in [0.25, 0.3) is 0 Å². The number of amides is 4. The van der Waals surface area contributed by atoms with Crippen LogP contribution >= 0.6 is 0 Å². The van der Waals surface area contributed by atoms with Gasteiger partial charge in [0.2, 0.25) is 11.8 Å². The third-order valence-corrected chi connectivity index (χ3v) is 1.91. The summed E-state index contributed by atoms with van der Waals surface area (Å²) in [6.45, 7) is 0. The highest BCUT2D eigenvalue weighted by Gasteiger charge is 2.31. The van der Waals surface area contributed by atoms with Crippen LogP contribution in [-0.4, -0.2) is 22.8 Å². The molecule has 1 N–H and O–H groups in total. The average molecular weight is 205 g/mol. The van der Waals surface area contributed by atoms with Crippen molar-refractivity contribution in [1.29, 1.82) is 0 Å². The molecule has 0 unspecified atom stereocenters. The molecule has 0 radical (unpaired) electrons. The van der Waals surface area contributed by atoms with Crippen molar-refractivity contribution in [3.8, 4) is 0 Å². The molecule has 1 aromatic heterocycles. The summed E-state index contributed by atoms with van der Waals surface area (Å²) < 4.78 is 0. The Bertz CT molecular complexity index is 409.